The van der Waals surface area contributed by atoms with E-state index >= 15 is 0 Å². The molecule has 9 heteroatoms. The van der Waals surface area contributed by atoms with Crippen LogP contribution in [-0.4, -0.2) is 32.0 Å². The molecule has 0 amide bonds. The van der Waals surface area contributed by atoms with Gasteiger partial charge in [0, 0.05) is 30.2 Å². The molecule has 0 fully saturated rings. The quantitative estimate of drug-likeness (QED) is 0.779. The van der Waals surface area contributed by atoms with E-state index in [1.807, 2.05) is 0 Å². The molecule has 0 aromatic heterocycles. The van der Waals surface area contributed by atoms with Crippen molar-refractivity contribution in [3.8, 4) is 0 Å². The lowest BCUT2D eigenvalue weighted by atomic mass is 9.97. The SMILES string of the molecule is Cc1ccc(S(=O)(=O)N2CCC(F)(F)/C(=C\C(=O)O)c3cc(F)ccc32)cc1. The maximum Gasteiger partial charge on any atom is 0.328 e. The summed E-state index contributed by atoms with van der Waals surface area (Å²) in [6.45, 7) is 1.17. The molecule has 1 aliphatic heterocycles. The van der Waals surface area contributed by atoms with Gasteiger partial charge in [-0.2, -0.15) is 0 Å². The fourth-order valence-electron chi connectivity index (χ4n) is 3.03. The van der Waals surface area contributed by atoms with Crippen molar-refractivity contribution >= 4 is 27.3 Å². The van der Waals surface area contributed by atoms with Crippen LogP contribution in [0, 0.1) is 12.7 Å². The Labute approximate surface area is 159 Å². The number of halogens is 3. The second kappa shape index (κ2) is 6.97. The number of aryl methyl sites for hydroxylation is 1. The molecule has 0 saturated heterocycles. The van der Waals surface area contributed by atoms with Gasteiger partial charge in [0.1, 0.15) is 5.82 Å². The van der Waals surface area contributed by atoms with Crippen molar-refractivity contribution < 1.29 is 31.5 Å². The molecule has 5 nitrogen and oxygen atoms in total. The van der Waals surface area contributed by atoms with E-state index in [2.05, 4.69) is 0 Å². The van der Waals surface area contributed by atoms with Crippen molar-refractivity contribution in [3.05, 3.63) is 65.5 Å². The van der Waals surface area contributed by atoms with E-state index in [1.54, 1.807) is 19.1 Å². The third kappa shape index (κ3) is 3.62. The van der Waals surface area contributed by atoms with Gasteiger partial charge in [0.05, 0.1) is 10.6 Å². The Bertz CT molecular complexity index is 1060. The van der Waals surface area contributed by atoms with Crippen LogP contribution in [0.5, 0.6) is 0 Å². The summed E-state index contributed by atoms with van der Waals surface area (Å²) in [5.41, 5.74) is -0.793. The fourth-order valence-corrected chi connectivity index (χ4v) is 4.51. The first-order valence-electron chi connectivity index (χ1n) is 8.24. The molecule has 0 aliphatic carbocycles. The minimum atomic E-state index is -4.23. The van der Waals surface area contributed by atoms with Gasteiger partial charge in [0.25, 0.3) is 15.9 Å². The molecule has 1 heterocycles. The molecular formula is C19H16F3NO4S. The molecule has 0 unspecified atom stereocenters. The van der Waals surface area contributed by atoms with Gasteiger partial charge in [-0.15, -0.1) is 0 Å². The monoisotopic (exact) mass is 411 g/mol. The highest BCUT2D eigenvalue weighted by Crippen LogP contribution is 2.44. The van der Waals surface area contributed by atoms with E-state index in [9.17, 15) is 26.4 Å². The lowest BCUT2D eigenvalue weighted by molar-refractivity contribution is -0.131. The molecule has 0 bridgehead atoms. The molecular weight excluding hydrogens is 395 g/mol. The first-order chi connectivity index (χ1) is 13.0. The van der Waals surface area contributed by atoms with Crippen LogP contribution in [0.4, 0.5) is 18.9 Å². The minimum absolute atomic E-state index is 0.109. The average Bonchev–Trinajstić information content (AvgIpc) is 2.70. The number of benzene rings is 2. The summed E-state index contributed by atoms with van der Waals surface area (Å²) in [6, 6.07) is 8.57. The molecule has 2 aromatic carbocycles. The van der Waals surface area contributed by atoms with Crippen LogP contribution >= 0.6 is 0 Å². The van der Waals surface area contributed by atoms with Gasteiger partial charge in [0.15, 0.2) is 0 Å². The number of hydrogen-bond donors (Lipinski definition) is 1. The van der Waals surface area contributed by atoms with Crippen molar-refractivity contribution in [2.45, 2.75) is 24.2 Å². The van der Waals surface area contributed by atoms with Gasteiger partial charge in [-0.25, -0.2) is 26.4 Å². The van der Waals surface area contributed by atoms with E-state index < -0.39 is 51.8 Å². The second-order valence-electron chi connectivity index (χ2n) is 6.40. The first-order valence-corrected chi connectivity index (χ1v) is 9.68. The zero-order valence-corrected chi connectivity index (χ0v) is 15.5. The maximum absolute atomic E-state index is 14.6. The van der Waals surface area contributed by atoms with Crippen LogP contribution in [0.1, 0.15) is 17.5 Å². The smallest absolute Gasteiger partial charge is 0.328 e. The molecule has 0 spiro atoms. The van der Waals surface area contributed by atoms with Gasteiger partial charge < -0.3 is 5.11 Å². The van der Waals surface area contributed by atoms with E-state index in [1.165, 1.54) is 12.1 Å². The normalized spacial score (nSPS) is 17.9. The Balaban J connectivity index is 2.25. The van der Waals surface area contributed by atoms with E-state index in [0.29, 0.717) is 6.08 Å². The number of hydrogen-bond acceptors (Lipinski definition) is 3. The molecule has 0 atom stereocenters. The number of rotatable bonds is 3. The van der Waals surface area contributed by atoms with E-state index in [0.717, 1.165) is 28.1 Å². The molecule has 3 rings (SSSR count). The number of allylic oxidation sites excluding steroid dienone is 1. The van der Waals surface area contributed by atoms with Gasteiger partial charge in [-0.3, -0.25) is 4.31 Å². The topological polar surface area (TPSA) is 74.7 Å². The molecule has 148 valence electrons. The average molecular weight is 411 g/mol. The summed E-state index contributed by atoms with van der Waals surface area (Å²) >= 11 is 0. The summed E-state index contributed by atoms with van der Waals surface area (Å²) in [6.07, 6.45) is -0.659. The van der Waals surface area contributed by atoms with Gasteiger partial charge in [-0.1, -0.05) is 17.7 Å². The summed E-state index contributed by atoms with van der Waals surface area (Å²) in [5, 5.41) is 8.98. The van der Waals surface area contributed by atoms with Crippen molar-refractivity contribution in [2.75, 3.05) is 10.8 Å². The van der Waals surface area contributed by atoms with Crippen LogP contribution in [0.15, 0.2) is 53.4 Å². The summed E-state index contributed by atoms with van der Waals surface area (Å²) < 4.78 is 70.0. The standard InChI is InChI=1S/C19H16F3NO4S/c1-12-2-5-14(6-3-12)28(26,27)23-9-8-19(21,22)16(11-18(24)25)15-10-13(20)4-7-17(15)23/h2-7,10-11H,8-9H2,1H3,(H,24,25)/b16-11-. The lowest BCUT2D eigenvalue weighted by Gasteiger charge is -2.24. The number of fused-ring (bicyclic) bond motifs is 1. The number of alkyl halides is 2. The van der Waals surface area contributed by atoms with E-state index in [4.69, 9.17) is 5.11 Å². The third-order valence-corrected chi connectivity index (χ3v) is 6.24. The molecule has 1 aliphatic rings. The number of carbonyl (C=O) groups is 1. The highest BCUT2D eigenvalue weighted by atomic mass is 32.2. The number of anilines is 1. The van der Waals surface area contributed by atoms with Crippen molar-refractivity contribution in [2.24, 2.45) is 0 Å². The number of carboxylic acid groups (broad SMARTS) is 1. The van der Waals surface area contributed by atoms with Crippen molar-refractivity contribution in [1.82, 2.24) is 0 Å². The Hall–Kier alpha value is -2.81. The second-order valence-corrected chi connectivity index (χ2v) is 8.26. The highest BCUT2D eigenvalue weighted by Gasteiger charge is 2.43. The Kier molecular flexibility index (Phi) is 4.97. The van der Waals surface area contributed by atoms with Crippen LogP contribution in [0.3, 0.4) is 0 Å². The van der Waals surface area contributed by atoms with Crippen LogP contribution in [0.25, 0.3) is 5.57 Å². The maximum atomic E-state index is 14.6. The van der Waals surface area contributed by atoms with Crippen molar-refractivity contribution in [3.63, 3.8) is 0 Å². The minimum Gasteiger partial charge on any atom is -0.478 e. The first kappa shape index (κ1) is 19.9. The van der Waals surface area contributed by atoms with Crippen LogP contribution in [0.2, 0.25) is 0 Å². The van der Waals surface area contributed by atoms with Gasteiger partial charge in [-0.05, 0) is 37.3 Å². The van der Waals surface area contributed by atoms with Gasteiger partial charge >= 0.3 is 5.97 Å². The molecule has 2 aromatic rings. The third-order valence-electron chi connectivity index (χ3n) is 4.42. The van der Waals surface area contributed by atoms with E-state index in [-0.39, 0.29) is 10.6 Å². The number of nitrogens with zero attached hydrogens (tertiary/aromatic N) is 1. The predicted molar refractivity (Wildman–Crippen MR) is 97.3 cm³/mol. The fraction of sp³-hybridized carbons (Fsp3) is 0.211. The molecule has 0 radical (unpaired) electrons. The molecule has 28 heavy (non-hydrogen) atoms. The number of aliphatic carboxylic acids is 1. The summed E-state index contributed by atoms with van der Waals surface area (Å²) in [5.74, 6) is -6.18. The Morgan fingerprint density at radius 1 is 1.18 bits per heavy atom. The van der Waals surface area contributed by atoms with Crippen LogP contribution in [-0.2, 0) is 14.8 Å². The zero-order chi connectivity index (χ0) is 20.7. The lowest BCUT2D eigenvalue weighted by Crippen LogP contribution is -2.33. The highest BCUT2D eigenvalue weighted by molar-refractivity contribution is 7.92. The Morgan fingerprint density at radius 3 is 2.43 bits per heavy atom. The van der Waals surface area contributed by atoms with Crippen LogP contribution < -0.4 is 4.31 Å². The molecule has 1 N–H and O–H groups in total. The number of sulfonamides is 1. The van der Waals surface area contributed by atoms with Crippen molar-refractivity contribution in [1.29, 1.82) is 0 Å². The predicted octanol–water partition coefficient (Wildman–Crippen LogP) is 3.84. The molecule has 0 saturated carbocycles. The Morgan fingerprint density at radius 2 is 1.82 bits per heavy atom. The summed E-state index contributed by atoms with van der Waals surface area (Å²) in [7, 11) is -4.23. The summed E-state index contributed by atoms with van der Waals surface area (Å²) in [4.78, 5) is 10.9. The zero-order valence-electron chi connectivity index (χ0n) is 14.7. The number of carboxylic acids is 1. The van der Waals surface area contributed by atoms with Gasteiger partial charge in [0.2, 0.25) is 0 Å². The largest absolute Gasteiger partial charge is 0.478 e.